The minimum absolute atomic E-state index is 0.721. The van der Waals surface area contributed by atoms with E-state index in [2.05, 4.69) is 26.5 Å². The van der Waals surface area contributed by atoms with Gasteiger partial charge in [-0.15, -0.1) is 12.6 Å². The maximum atomic E-state index is 6.03. The standard InChI is InChI=1S/C11H15ClOS/c1-3-5-13-10-6-8(4-2)9(12)7-11(10)14/h6-7,14H,3-5H2,1-2H3. The lowest BCUT2D eigenvalue weighted by atomic mass is 10.1. The highest BCUT2D eigenvalue weighted by atomic mass is 35.5. The van der Waals surface area contributed by atoms with Crippen molar-refractivity contribution in [2.45, 2.75) is 31.6 Å². The van der Waals surface area contributed by atoms with Crippen molar-refractivity contribution in [2.75, 3.05) is 6.61 Å². The third kappa shape index (κ3) is 2.82. The largest absolute Gasteiger partial charge is 0.492 e. The Hall–Kier alpha value is -0.340. The van der Waals surface area contributed by atoms with Crippen LogP contribution in [0, 0.1) is 0 Å². The van der Waals surface area contributed by atoms with Gasteiger partial charge in [-0.3, -0.25) is 0 Å². The molecule has 1 aromatic rings. The lowest BCUT2D eigenvalue weighted by Gasteiger charge is -2.10. The minimum atomic E-state index is 0.721. The molecule has 0 unspecified atom stereocenters. The van der Waals surface area contributed by atoms with Gasteiger partial charge in [-0.25, -0.2) is 0 Å². The molecule has 0 fully saturated rings. The van der Waals surface area contributed by atoms with E-state index in [0.717, 1.165) is 40.7 Å². The summed E-state index contributed by atoms with van der Waals surface area (Å²) in [6.07, 6.45) is 1.91. The first-order chi connectivity index (χ1) is 6.69. The summed E-state index contributed by atoms with van der Waals surface area (Å²) >= 11 is 10.3. The predicted molar refractivity (Wildman–Crippen MR) is 63.9 cm³/mol. The molecular weight excluding hydrogens is 216 g/mol. The van der Waals surface area contributed by atoms with Crippen LogP contribution >= 0.6 is 24.2 Å². The van der Waals surface area contributed by atoms with E-state index < -0.39 is 0 Å². The highest BCUT2D eigenvalue weighted by Crippen LogP contribution is 2.30. The van der Waals surface area contributed by atoms with Crippen LogP contribution in [0.1, 0.15) is 25.8 Å². The molecule has 1 rings (SSSR count). The molecule has 0 amide bonds. The Morgan fingerprint density at radius 1 is 1.36 bits per heavy atom. The molecule has 1 nitrogen and oxygen atoms in total. The number of aryl methyl sites for hydroxylation is 1. The molecule has 0 radical (unpaired) electrons. The van der Waals surface area contributed by atoms with Crippen LogP contribution in [0.2, 0.25) is 5.02 Å². The molecule has 1 aromatic carbocycles. The fraction of sp³-hybridized carbons (Fsp3) is 0.455. The molecule has 0 aromatic heterocycles. The first-order valence-electron chi connectivity index (χ1n) is 4.83. The molecule has 14 heavy (non-hydrogen) atoms. The van der Waals surface area contributed by atoms with Crippen molar-refractivity contribution in [3.63, 3.8) is 0 Å². The van der Waals surface area contributed by atoms with Crippen LogP contribution in [-0.2, 0) is 6.42 Å². The minimum Gasteiger partial charge on any atom is -0.492 e. The SMILES string of the molecule is CCCOc1cc(CC)c(Cl)cc1S. The number of hydrogen-bond acceptors (Lipinski definition) is 2. The average Bonchev–Trinajstić information content (AvgIpc) is 2.17. The zero-order chi connectivity index (χ0) is 10.6. The van der Waals surface area contributed by atoms with Gasteiger partial charge >= 0.3 is 0 Å². The van der Waals surface area contributed by atoms with E-state index in [1.165, 1.54) is 0 Å². The lowest BCUT2D eigenvalue weighted by Crippen LogP contribution is -1.97. The van der Waals surface area contributed by atoms with Gasteiger partial charge in [-0.1, -0.05) is 25.4 Å². The highest BCUT2D eigenvalue weighted by Gasteiger charge is 2.05. The highest BCUT2D eigenvalue weighted by molar-refractivity contribution is 7.80. The van der Waals surface area contributed by atoms with Gasteiger partial charge in [0.25, 0.3) is 0 Å². The lowest BCUT2D eigenvalue weighted by molar-refractivity contribution is 0.310. The summed E-state index contributed by atoms with van der Waals surface area (Å²) in [6, 6.07) is 3.81. The second-order valence-electron chi connectivity index (χ2n) is 3.11. The van der Waals surface area contributed by atoms with Crippen molar-refractivity contribution in [3.05, 3.63) is 22.7 Å². The van der Waals surface area contributed by atoms with Gasteiger partial charge in [0.2, 0.25) is 0 Å². The van der Waals surface area contributed by atoms with Gasteiger partial charge in [0.15, 0.2) is 0 Å². The summed E-state index contributed by atoms with van der Waals surface area (Å²) in [5.74, 6) is 0.830. The van der Waals surface area contributed by atoms with Crippen molar-refractivity contribution in [1.29, 1.82) is 0 Å². The Labute approximate surface area is 95.8 Å². The normalized spacial score (nSPS) is 10.3. The second kappa shape index (κ2) is 5.52. The Balaban J connectivity index is 2.92. The van der Waals surface area contributed by atoms with Crippen molar-refractivity contribution >= 4 is 24.2 Å². The van der Waals surface area contributed by atoms with Crippen molar-refractivity contribution < 1.29 is 4.74 Å². The van der Waals surface area contributed by atoms with E-state index in [1.54, 1.807) is 0 Å². The third-order valence-electron chi connectivity index (χ3n) is 1.97. The van der Waals surface area contributed by atoms with Crippen molar-refractivity contribution in [1.82, 2.24) is 0 Å². The quantitative estimate of drug-likeness (QED) is 0.770. The third-order valence-corrected chi connectivity index (χ3v) is 2.67. The van der Waals surface area contributed by atoms with Gasteiger partial charge in [0.05, 0.1) is 6.61 Å². The van der Waals surface area contributed by atoms with E-state index in [0.29, 0.717) is 0 Å². The molecule has 0 aliphatic carbocycles. The van der Waals surface area contributed by atoms with Crippen LogP contribution in [-0.4, -0.2) is 6.61 Å². The van der Waals surface area contributed by atoms with Crippen LogP contribution in [0.3, 0.4) is 0 Å². The maximum absolute atomic E-state index is 6.03. The smallest absolute Gasteiger partial charge is 0.132 e. The Morgan fingerprint density at radius 3 is 2.64 bits per heavy atom. The fourth-order valence-corrected chi connectivity index (χ4v) is 1.82. The summed E-state index contributed by atoms with van der Waals surface area (Å²) in [4.78, 5) is 0.806. The summed E-state index contributed by atoms with van der Waals surface area (Å²) in [5, 5.41) is 0.765. The van der Waals surface area contributed by atoms with Gasteiger partial charge in [-0.2, -0.15) is 0 Å². The summed E-state index contributed by atoms with van der Waals surface area (Å²) in [5.41, 5.74) is 1.11. The monoisotopic (exact) mass is 230 g/mol. The molecule has 0 N–H and O–H groups in total. The van der Waals surface area contributed by atoms with Crippen LogP contribution in [0.4, 0.5) is 0 Å². The predicted octanol–water partition coefficient (Wildman–Crippen LogP) is 3.98. The summed E-state index contributed by atoms with van der Waals surface area (Å²) in [6.45, 7) is 4.87. The Kier molecular flexibility index (Phi) is 4.63. The Morgan fingerprint density at radius 2 is 2.07 bits per heavy atom. The maximum Gasteiger partial charge on any atom is 0.132 e. The van der Waals surface area contributed by atoms with Crippen LogP contribution < -0.4 is 4.74 Å². The summed E-state index contributed by atoms with van der Waals surface area (Å²) in [7, 11) is 0. The number of thiol groups is 1. The number of halogens is 1. The molecule has 0 aliphatic heterocycles. The number of ether oxygens (including phenoxy) is 1. The fourth-order valence-electron chi connectivity index (χ4n) is 1.18. The molecule has 78 valence electrons. The van der Waals surface area contributed by atoms with Gasteiger partial charge in [0.1, 0.15) is 5.75 Å². The number of benzene rings is 1. The first-order valence-corrected chi connectivity index (χ1v) is 5.65. The van der Waals surface area contributed by atoms with E-state index in [-0.39, 0.29) is 0 Å². The van der Waals surface area contributed by atoms with E-state index in [9.17, 15) is 0 Å². The second-order valence-corrected chi connectivity index (χ2v) is 4.00. The van der Waals surface area contributed by atoms with Crippen LogP contribution in [0.25, 0.3) is 0 Å². The molecule has 0 aliphatic rings. The average molecular weight is 231 g/mol. The molecule has 0 spiro atoms. The van der Waals surface area contributed by atoms with Crippen molar-refractivity contribution in [2.24, 2.45) is 0 Å². The molecular formula is C11H15ClOS. The van der Waals surface area contributed by atoms with Gasteiger partial charge in [-0.05, 0) is 30.5 Å². The molecule has 0 bridgehead atoms. The molecule has 0 atom stereocenters. The zero-order valence-corrected chi connectivity index (χ0v) is 10.2. The van der Waals surface area contributed by atoms with E-state index >= 15 is 0 Å². The number of rotatable bonds is 4. The van der Waals surface area contributed by atoms with E-state index in [1.807, 2.05) is 12.1 Å². The first kappa shape index (κ1) is 11.7. The van der Waals surface area contributed by atoms with Crippen LogP contribution in [0.15, 0.2) is 17.0 Å². The van der Waals surface area contributed by atoms with Crippen molar-refractivity contribution in [3.8, 4) is 5.75 Å². The topological polar surface area (TPSA) is 9.23 Å². The zero-order valence-electron chi connectivity index (χ0n) is 8.51. The summed E-state index contributed by atoms with van der Waals surface area (Å²) < 4.78 is 5.55. The molecule has 0 saturated carbocycles. The van der Waals surface area contributed by atoms with Gasteiger partial charge < -0.3 is 4.74 Å². The Bertz CT molecular complexity index is 312. The molecule has 0 heterocycles. The number of hydrogen-bond donors (Lipinski definition) is 1. The van der Waals surface area contributed by atoms with E-state index in [4.69, 9.17) is 16.3 Å². The van der Waals surface area contributed by atoms with Crippen LogP contribution in [0.5, 0.6) is 5.75 Å². The molecule has 0 saturated heterocycles. The molecule has 3 heteroatoms. The van der Waals surface area contributed by atoms with Gasteiger partial charge in [0, 0.05) is 9.92 Å².